The minimum Gasteiger partial charge on any atom is -0.480 e. The van der Waals surface area contributed by atoms with E-state index in [1.807, 2.05) is 6.92 Å². The topological polar surface area (TPSA) is 60.9 Å². The van der Waals surface area contributed by atoms with Crippen molar-refractivity contribution in [1.29, 1.82) is 0 Å². The van der Waals surface area contributed by atoms with E-state index in [-0.39, 0.29) is 25.2 Å². The van der Waals surface area contributed by atoms with Gasteiger partial charge < -0.3 is 14.9 Å². The molecule has 1 N–H and O–H groups in total. The molecule has 1 fully saturated rings. The standard InChI is InChI=1S/C12H18N2O3/c1-3-7-13(9-11(15)16)12(17)14-8-5-4-6-10(14)2/h1,10H,4-9H2,2H3,(H,15,16). The largest absolute Gasteiger partial charge is 0.480 e. The van der Waals surface area contributed by atoms with Crippen LogP contribution in [-0.4, -0.2) is 52.6 Å². The third-order valence-corrected chi connectivity index (χ3v) is 2.93. The first-order valence-corrected chi connectivity index (χ1v) is 5.77. The monoisotopic (exact) mass is 238 g/mol. The summed E-state index contributed by atoms with van der Waals surface area (Å²) < 4.78 is 0. The summed E-state index contributed by atoms with van der Waals surface area (Å²) in [5.41, 5.74) is 0. The maximum Gasteiger partial charge on any atom is 0.323 e. The summed E-state index contributed by atoms with van der Waals surface area (Å²) in [7, 11) is 0. The third kappa shape index (κ3) is 3.66. The predicted molar refractivity (Wildman–Crippen MR) is 63.5 cm³/mol. The van der Waals surface area contributed by atoms with Gasteiger partial charge in [-0.15, -0.1) is 6.42 Å². The van der Waals surface area contributed by atoms with Crippen molar-refractivity contribution in [3.63, 3.8) is 0 Å². The lowest BCUT2D eigenvalue weighted by Crippen LogP contribution is -2.50. The van der Waals surface area contributed by atoms with Gasteiger partial charge in [-0.1, -0.05) is 5.92 Å². The quantitative estimate of drug-likeness (QED) is 0.746. The summed E-state index contributed by atoms with van der Waals surface area (Å²) in [4.78, 5) is 25.7. The van der Waals surface area contributed by atoms with Crippen LogP contribution in [0.1, 0.15) is 26.2 Å². The van der Waals surface area contributed by atoms with Gasteiger partial charge >= 0.3 is 12.0 Å². The van der Waals surface area contributed by atoms with Crippen LogP contribution in [0.25, 0.3) is 0 Å². The van der Waals surface area contributed by atoms with Gasteiger partial charge in [-0.25, -0.2) is 4.79 Å². The number of carbonyl (C=O) groups is 2. The number of hydrogen-bond acceptors (Lipinski definition) is 2. The first kappa shape index (κ1) is 13.4. The minimum atomic E-state index is -1.04. The van der Waals surface area contributed by atoms with Crippen molar-refractivity contribution < 1.29 is 14.7 Å². The summed E-state index contributed by atoms with van der Waals surface area (Å²) in [6.07, 6.45) is 8.19. The lowest BCUT2D eigenvalue weighted by molar-refractivity contribution is -0.137. The molecule has 17 heavy (non-hydrogen) atoms. The molecule has 0 radical (unpaired) electrons. The number of hydrogen-bond donors (Lipinski definition) is 1. The van der Waals surface area contributed by atoms with Crippen molar-refractivity contribution in [2.75, 3.05) is 19.6 Å². The fourth-order valence-corrected chi connectivity index (χ4v) is 2.03. The zero-order chi connectivity index (χ0) is 12.8. The van der Waals surface area contributed by atoms with Crippen LogP contribution < -0.4 is 0 Å². The molecule has 1 aliphatic heterocycles. The Morgan fingerprint density at radius 2 is 2.24 bits per heavy atom. The molecule has 94 valence electrons. The number of piperidine rings is 1. The Morgan fingerprint density at radius 3 is 2.76 bits per heavy atom. The van der Waals surface area contributed by atoms with Gasteiger partial charge in [0.2, 0.25) is 0 Å². The molecule has 0 aromatic heterocycles. The summed E-state index contributed by atoms with van der Waals surface area (Å²) in [6, 6.07) is -0.108. The van der Waals surface area contributed by atoms with Crippen molar-refractivity contribution in [3.05, 3.63) is 0 Å². The van der Waals surface area contributed by atoms with Crippen LogP contribution in [0.2, 0.25) is 0 Å². The minimum absolute atomic E-state index is 0.0361. The molecular formula is C12H18N2O3. The number of urea groups is 1. The Morgan fingerprint density at radius 1 is 1.53 bits per heavy atom. The number of carboxylic acids is 1. The van der Waals surface area contributed by atoms with Crippen LogP contribution in [0.3, 0.4) is 0 Å². The number of carbonyl (C=O) groups excluding carboxylic acids is 1. The highest BCUT2D eigenvalue weighted by molar-refractivity contribution is 5.80. The molecule has 0 saturated carbocycles. The van der Waals surface area contributed by atoms with E-state index in [0.29, 0.717) is 6.54 Å². The third-order valence-electron chi connectivity index (χ3n) is 2.93. The van der Waals surface area contributed by atoms with Crippen LogP contribution in [0.5, 0.6) is 0 Å². The predicted octanol–water partition coefficient (Wildman–Crippen LogP) is 1.00. The second-order valence-electron chi connectivity index (χ2n) is 4.27. The molecule has 0 aromatic rings. The van der Waals surface area contributed by atoms with Gasteiger partial charge in [-0.05, 0) is 26.2 Å². The smallest absolute Gasteiger partial charge is 0.323 e. The number of aliphatic carboxylic acids is 1. The molecule has 1 aliphatic rings. The van der Waals surface area contributed by atoms with E-state index in [4.69, 9.17) is 11.5 Å². The molecule has 2 amide bonds. The first-order chi connectivity index (χ1) is 8.06. The second-order valence-corrected chi connectivity index (χ2v) is 4.27. The molecule has 1 atom stereocenters. The number of rotatable bonds is 3. The van der Waals surface area contributed by atoms with Crippen molar-refractivity contribution in [2.45, 2.75) is 32.2 Å². The van der Waals surface area contributed by atoms with E-state index in [1.165, 1.54) is 4.90 Å². The zero-order valence-electron chi connectivity index (χ0n) is 10.1. The fourth-order valence-electron chi connectivity index (χ4n) is 2.03. The Bertz CT molecular complexity index is 335. The number of nitrogens with zero attached hydrogens (tertiary/aromatic N) is 2. The van der Waals surface area contributed by atoms with Crippen molar-refractivity contribution in [3.8, 4) is 12.3 Å². The summed E-state index contributed by atoms with van der Waals surface area (Å²) in [5, 5.41) is 8.74. The number of likely N-dealkylation sites (tertiary alicyclic amines) is 1. The van der Waals surface area contributed by atoms with Crippen LogP contribution in [0, 0.1) is 12.3 Å². The van der Waals surface area contributed by atoms with Crippen LogP contribution >= 0.6 is 0 Å². The molecule has 0 spiro atoms. The SMILES string of the molecule is C#CCN(CC(=O)O)C(=O)N1CCCCC1C. The van der Waals surface area contributed by atoms with Gasteiger partial charge in [-0.3, -0.25) is 4.79 Å². The normalized spacial score (nSPS) is 19.5. The Labute approximate surface area is 101 Å². The Hall–Kier alpha value is -1.70. The Kier molecular flexibility index (Phi) is 4.83. The summed E-state index contributed by atoms with van der Waals surface area (Å²) >= 11 is 0. The van der Waals surface area contributed by atoms with E-state index in [0.717, 1.165) is 19.3 Å². The summed E-state index contributed by atoms with van der Waals surface area (Å²) in [6.45, 7) is 2.35. The fraction of sp³-hybridized carbons (Fsp3) is 0.667. The highest BCUT2D eigenvalue weighted by Gasteiger charge is 2.27. The highest BCUT2D eigenvalue weighted by Crippen LogP contribution is 2.17. The van der Waals surface area contributed by atoms with Crippen LogP contribution in [0.4, 0.5) is 4.79 Å². The molecule has 1 heterocycles. The van der Waals surface area contributed by atoms with Crippen LogP contribution in [-0.2, 0) is 4.79 Å². The van der Waals surface area contributed by atoms with Gasteiger partial charge in [0.05, 0.1) is 6.54 Å². The lowest BCUT2D eigenvalue weighted by atomic mass is 10.0. The molecule has 5 heteroatoms. The average Bonchev–Trinajstić information content (AvgIpc) is 2.28. The summed E-state index contributed by atoms with van der Waals surface area (Å²) in [5.74, 6) is 1.28. The average molecular weight is 238 g/mol. The number of terminal acetylenes is 1. The molecule has 1 rings (SSSR count). The van der Waals surface area contributed by atoms with E-state index >= 15 is 0 Å². The molecular weight excluding hydrogens is 220 g/mol. The molecule has 1 unspecified atom stereocenters. The van der Waals surface area contributed by atoms with Gasteiger partial charge in [0.25, 0.3) is 0 Å². The van der Waals surface area contributed by atoms with Gasteiger partial charge in [0.15, 0.2) is 0 Å². The molecule has 5 nitrogen and oxygen atoms in total. The molecule has 1 saturated heterocycles. The maximum absolute atomic E-state index is 12.1. The molecule has 0 bridgehead atoms. The van der Waals surface area contributed by atoms with Crippen molar-refractivity contribution in [1.82, 2.24) is 9.80 Å². The van der Waals surface area contributed by atoms with Crippen LogP contribution in [0.15, 0.2) is 0 Å². The zero-order valence-corrected chi connectivity index (χ0v) is 10.1. The molecule has 0 aromatic carbocycles. The molecule has 0 aliphatic carbocycles. The van der Waals surface area contributed by atoms with Gasteiger partial charge in [-0.2, -0.15) is 0 Å². The van der Waals surface area contributed by atoms with Crippen molar-refractivity contribution in [2.24, 2.45) is 0 Å². The van der Waals surface area contributed by atoms with Gasteiger partial charge in [0, 0.05) is 12.6 Å². The lowest BCUT2D eigenvalue weighted by Gasteiger charge is -2.36. The van der Waals surface area contributed by atoms with E-state index in [9.17, 15) is 9.59 Å². The highest BCUT2D eigenvalue weighted by atomic mass is 16.4. The van der Waals surface area contributed by atoms with E-state index < -0.39 is 5.97 Å². The van der Waals surface area contributed by atoms with Crippen molar-refractivity contribution >= 4 is 12.0 Å². The maximum atomic E-state index is 12.1. The Balaban J connectivity index is 2.69. The first-order valence-electron chi connectivity index (χ1n) is 5.77. The van der Waals surface area contributed by atoms with E-state index in [1.54, 1.807) is 4.90 Å². The number of carboxylic acid groups (broad SMARTS) is 1. The number of amides is 2. The van der Waals surface area contributed by atoms with E-state index in [2.05, 4.69) is 5.92 Å². The van der Waals surface area contributed by atoms with Gasteiger partial charge in [0.1, 0.15) is 6.54 Å². The second kappa shape index (κ2) is 6.14.